The van der Waals surface area contributed by atoms with Crippen LogP contribution >= 0.6 is 0 Å². The zero-order chi connectivity index (χ0) is 9.15. The van der Waals surface area contributed by atoms with Crippen molar-refractivity contribution >= 4 is 0 Å². The molecule has 1 atom stereocenters. The number of hydrogen-bond acceptors (Lipinski definition) is 2. The van der Waals surface area contributed by atoms with E-state index >= 15 is 0 Å². The quantitative estimate of drug-likeness (QED) is 0.669. The van der Waals surface area contributed by atoms with Gasteiger partial charge in [0.1, 0.15) is 0 Å². The molecule has 0 amide bonds. The van der Waals surface area contributed by atoms with Gasteiger partial charge in [0.15, 0.2) is 0 Å². The summed E-state index contributed by atoms with van der Waals surface area (Å²) < 4.78 is 5.31. The van der Waals surface area contributed by atoms with Crippen molar-refractivity contribution in [1.29, 1.82) is 0 Å². The van der Waals surface area contributed by atoms with Gasteiger partial charge < -0.3 is 10.1 Å². The van der Waals surface area contributed by atoms with Gasteiger partial charge in [-0.05, 0) is 31.9 Å². The highest BCUT2D eigenvalue weighted by Gasteiger charge is 2.30. The fourth-order valence-electron chi connectivity index (χ4n) is 2.30. The molecule has 0 aromatic heterocycles. The largest absolute Gasteiger partial charge is 0.501 e. The van der Waals surface area contributed by atoms with Gasteiger partial charge in [0.25, 0.3) is 0 Å². The van der Waals surface area contributed by atoms with Crippen LogP contribution in [0.1, 0.15) is 39.0 Å². The Kier molecular flexibility index (Phi) is 2.58. The fraction of sp³-hybridized carbons (Fsp3) is 0.818. The summed E-state index contributed by atoms with van der Waals surface area (Å²) in [5, 5.41) is 3.65. The molecule has 2 rings (SSSR count). The van der Waals surface area contributed by atoms with Crippen molar-refractivity contribution in [1.82, 2.24) is 5.32 Å². The smallest absolute Gasteiger partial charge is 0.0912 e. The van der Waals surface area contributed by atoms with Crippen molar-refractivity contribution in [3.63, 3.8) is 0 Å². The maximum Gasteiger partial charge on any atom is 0.0912 e. The lowest BCUT2D eigenvalue weighted by Gasteiger charge is -2.30. The van der Waals surface area contributed by atoms with E-state index in [0.29, 0.717) is 0 Å². The van der Waals surface area contributed by atoms with Gasteiger partial charge in [-0.25, -0.2) is 0 Å². The predicted octanol–water partition coefficient (Wildman–Crippen LogP) is 2.21. The van der Waals surface area contributed by atoms with E-state index in [9.17, 15) is 0 Å². The highest BCUT2D eigenvalue weighted by Crippen LogP contribution is 2.30. The highest BCUT2D eigenvalue weighted by atomic mass is 16.5. The van der Waals surface area contributed by atoms with Crippen molar-refractivity contribution in [3.05, 3.63) is 11.8 Å². The molecule has 2 aliphatic rings. The third-order valence-corrected chi connectivity index (χ3v) is 3.29. The van der Waals surface area contributed by atoms with E-state index in [4.69, 9.17) is 4.74 Å². The summed E-state index contributed by atoms with van der Waals surface area (Å²) >= 11 is 0. The van der Waals surface area contributed by atoms with Crippen LogP contribution in [0.3, 0.4) is 0 Å². The van der Waals surface area contributed by atoms with Crippen LogP contribution in [0.15, 0.2) is 11.8 Å². The first-order valence-corrected chi connectivity index (χ1v) is 5.37. The fourth-order valence-corrected chi connectivity index (χ4v) is 2.30. The van der Waals surface area contributed by atoms with E-state index in [-0.39, 0.29) is 5.54 Å². The Morgan fingerprint density at radius 3 is 3.08 bits per heavy atom. The third kappa shape index (κ3) is 1.88. The summed E-state index contributed by atoms with van der Waals surface area (Å²) in [6.45, 7) is 4.36. The molecule has 1 unspecified atom stereocenters. The summed E-state index contributed by atoms with van der Waals surface area (Å²) in [5.74, 6) is 0. The van der Waals surface area contributed by atoms with Crippen LogP contribution in [-0.4, -0.2) is 18.7 Å². The lowest BCUT2D eigenvalue weighted by atomic mass is 9.87. The summed E-state index contributed by atoms with van der Waals surface area (Å²) in [5.41, 5.74) is 1.70. The first-order valence-electron chi connectivity index (χ1n) is 5.37. The SMILES string of the molecule is CC1(C2=COCC2)CCCCCN1. The molecule has 0 spiro atoms. The molecule has 1 N–H and O–H groups in total. The average Bonchev–Trinajstić information content (AvgIpc) is 2.57. The van der Waals surface area contributed by atoms with Crippen LogP contribution in [-0.2, 0) is 4.74 Å². The van der Waals surface area contributed by atoms with Crippen LogP contribution in [0.5, 0.6) is 0 Å². The van der Waals surface area contributed by atoms with Gasteiger partial charge in [-0.3, -0.25) is 0 Å². The van der Waals surface area contributed by atoms with E-state index in [1.54, 1.807) is 0 Å². The lowest BCUT2D eigenvalue weighted by molar-refractivity contribution is 0.281. The van der Waals surface area contributed by atoms with Crippen molar-refractivity contribution in [2.75, 3.05) is 13.2 Å². The Labute approximate surface area is 80.4 Å². The van der Waals surface area contributed by atoms with E-state index < -0.39 is 0 Å². The minimum atomic E-state index is 0.229. The van der Waals surface area contributed by atoms with Gasteiger partial charge in [-0.15, -0.1) is 0 Å². The molecule has 0 aliphatic carbocycles. The molecule has 0 aromatic rings. The zero-order valence-electron chi connectivity index (χ0n) is 8.44. The lowest BCUT2D eigenvalue weighted by Crippen LogP contribution is -2.43. The molecule has 13 heavy (non-hydrogen) atoms. The van der Waals surface area contributed by atoms with E-state index in [1.165, 1.54) is 31.3 Å². The second kappa shape index (κ2) is 3.70. The molecule has 1 fully saturated rings. The van der Waals surface area contributed by atoms with E-state index in [2.05, 4.69) is 12.2 Å². The average molecular weight is 181 g/mol. The molecule has 1 saturated heterocycles. The van der Waals surface area contributed by atoms with Crippen LogP contribution in [0.25, 0.3) is 0 Å². The Bertz CT molecular complexity index is 202. The summed E-state index contributed by atoms with van der Waals surface area (Å²) in [7, 11) is 0. The number of hydrogen-bond donors (Lipinski definition) is 1. The Balaban J connectivity index is 2.07. The minimum Gasteiger partial charge on any atom is -0.501 e. The standard InChI is InChI=1S/C11H19NO/c1-11(10-5-8-13-9-10)6-3-2-4-7-12-11/h9,12H,2-8H2,1H3. The van der Waals surface area contributed by atoms with Gasteiger partial charge in [0, 0.05) is 12.0 Å². The van der Waals surface area contributed by atoms with Crippen molar-refractivity contribution in [2.45, 2.75) is 44.6 Å². The van der Waals surface area contributed by atoms with E-state index in [0.717, 1.165) is 19.6 Å². The molecular weight excluding hydrogens is 162 g/mol. The molecule has 2 nitrogen and oxygen atoms in total. The van der Waals surface area contributed by atoms with Gasteiger partial charge >= 0.3 is 0 Å². The molecule has 0 aromatic carbocycles. The maximum atomic E-state index is 5.31. The maximum absolute atomic E-state index is 5.31. The number of nitrogens with one attached hydrogen (secondary N) is 1. The van der Waals surface area contributed by atoms with Crippen LogP contribution in [0, 0.1) is 0 Å². The minimum absolute atomic E-state index is 0.229. The molecule has 0 radical (unpaired) electrons. The molecule has 74 valence electrons. The molecule has 2 heterocycles. The van der Waals surface area contributed by atoms with Gasteiger partial charge in [-0.2, -0.15) is 0 Å². The Morgan fingerprint density at radius 2 is 2.31 bits per heavy atom. The molecule has 2 heteroatoms. The third-order valence-electron chi connectivity index (χ3n) is 3.29. The number of rotatable bonds is 1. The predicted molar refractivity (Wildman–Crippen MR) is 53.5 cm³/mol. The zero-order valence-corrected chi connectivity index (χ0v) is 8.44. The van der Waals surface area contributed by atoms with Crippen LogP contribution < -0.4 is 5.32 Å². The van der Waals surface area contributed by atoms with Crippen molar-refractivity contribution in [2.24, 2.45) is 0 Å². The second-order valence-electron chi connectivity index (χ2n) is 4.33. The normalized spacial score (nSPS) is 35.0. The summed E-state index contributed by atoms with van der Waals surface area (Å²) in [6, 6.07) is 0. The van der Waals surface area contributed by atoms with E-state index in [1.807, 2.05) is 6.26 Å². The first-order chi connectivity index (χ1) is 6.31. The van der Waals surface area contributed by atoms with Crippen LogP contribution in [0.4, 0.5) is 0 Å². The highest BCUT2D eigenvalue weighted by molar-refractivity contribution is 5.19. The van der Waals surface area contributed by atoms with Crippen LogP contribution in [0.2, 0.25) is 0 Å². The van der Waals surface area contributed by atoms with Gasteiger partial charge in [-0.1, -0.05) is 12.8 Å². The topological polar surface area (TPSA) is 21.3 Å². The monoisotopic (exact) mass is 181 g/mol. The number of ether oxygens (including phenoxy) is 1. The molecular formula is C11H19NO. The summed E-state index contributed by atoms with van der Waals surface area (Å²) in [4.78, 5) is 0. The van der Waals surface area contributed by atoms with Gasteiger partial charge in [0.2, 0.25) is 0 Å². The second-order valence-corrected chi connectivity index (χ2v) is 4.33. The van der Waals surface area contributed by atoms with Crippen molar-refractivity contribution in [3.8, 4) is 0 Å². The van der Waals surface area contributed by atoms with Gasteiger partial charge in [0.05, 0.1) is 12.9 Å². The first kappa shape index (κ1) is 9.07. The Hall–Kier alpha value is -0.500. The molecule has 0 bridgehead atoms. The molecule has 2 aliphatic heterocycles. The molecule has 0 saturated carbocycles. The summed E-state index contributed by atoms with van der Waals surface area (Å²) in [6.07, 6.45) is 8.39. The van der Waals surface area contributed by atoms with Crippen molar-refractivity contribution < 1.29 is 4.74 Å². The Morgan fingerprint density at radius 1 is 1.38 bits per heavy atom.